The lowest BCUT2D eigenvalue weighted by Crippen LogP contribution is -2.38. The van der Waals surface area contributed by atoms with Crippen molar-refractivity contribution in [2.24, 2.45) is 5.73 Å². The molecule has 0 saturated carbocycles. The van der Waals surface area contributed by atoms with Crippen molar-refractivity contribution in [3.05, 3.63) is 77.9 Å². The molecule has 186 valence electrons. The van der Waals surface area contributed by atoms with Crippen LogP contribution in [0.15, 0.2) is 66.7 Å². The Bertz CT molecular complexity index is 1080. The van der Waals surface area contributed by atoms with E-state index in [9.17, 15) is 15.0 Å². The first-order valence-corrected chi connectivity index (χ1v) is 11.5. The van der Waals surface area contributed by atoms with E-state index in [4.69, 9.17) is 10.5 Å². The van der Waals surface area contributed by atoms with Gasteiger partial charge in [0.15, 0.2) is 0 Å². The molecule has 8 heteroatoms. The molecule has 8 nitrogen and oxygen atoms in total. The SMILES string of the molecule is CC(C)(N)COc1ccc(Nc2ccc(CCNC[C@H](O)c3ccc(O)c(NC=O)c3)cc2)cc1. The first kappa shape index (κ1) is 26.0. The monoisotopic (exact) mass is 478 g/mol. The number of phenols is 1. The van der Waals surface area contributed by atoms with Crippen LogP contribution in [0.3, 0.4) is 0 Å². The van der Waals surface area contributed by atoms with Crippen molar-refractivity contribution in [2.45, 2.75) is 31.9 Å². The van der Waals surface area contributed by atoms with E-state index in [2.05, 4.69) is 28.1 Å². The van der Waals surface area contributed by atoms with Crippen LogP contribution in [-0.4, -0.2) is 41.9 Å². The second kappa shape index (κ2) is 12.2. The number of rotatable bonds is 13. The highest BCUT2D eigenvalue weighted by Crippen LogP contribution is 2.26. The van der Waals surface area contributed by atoms with Crippen LogP contribution in [0.4, 0.5) is 17.1 Å². The standard InChI is InChI=1S/C27H34N4O4/c1-27(2,28)17-35-23-10-8-22(9-11-23)31-21-6-3-19(4-7-21)13-14-29-16-26(34)20-5-12-25(33)24(15-20)30-18-32/h3-12,15,18,26,29,31,33-34H,13-14,16-17,28H2,1-2H3,(H,30,32)/t26-/m0/s1. The highest BCUT2D eigenvalue weighted by molar-refractivity contribution is 5.75. The molecule has 0 aliphatic heterocycles. The number of hydrogen-bond donors (Lipinski definition) is 6. The zero-order valence-corrected chi connectivity index (χ0v) is 20.1. The predicted molar refractivity (Wildman–Crippen MR) is 139 cm³/mol. The number of amides is 1. The average Bonchev–Trinajstić information content (AvgIpc) is 2.83. The van der Waals surface area contributed by atoms with Gasteiger partial charge in [-0.05, 0) is 86.5 Å². The van der Waals surface area contributed by atoms with E-state index >= 15 is 0 Å². The maximum Gasteiger partial charge on any atom is 0.211 e. The van der Waals surface area contributed by atoms with Crippen molar-refractivity contribution < 1.29 is 19.7 Å². The topological polar surface area (TPSA) is 129 Å². The average molecular weight is 479 g/mol. The lowest BCUT2D eigenvalue weighted by atomic mass is 10.1. The molecule has 0 aromatic heterocycles. The van der Waals surface area contributed by atoms with E-state index in [1.807, 2.05) is 50.2 Å². The fourth-order valence-corrected chi connectivity index (χ4v) is 3.35. The lowest BCUT2D eigenvalue weighted by molar-refractivity contribution is -0.105. The third kappa shape index (κ3) is 8.60. The van der Waals surface area contributed by atoms with Crippen LogP contribution in [0.2, 0.25) is 0 Å². The molecule has 3 rings (SSSR count). The number of carbonyl (C=O) groups excluding carboxylic acids is 1. The largest absolute Gasteiger partial charge is 0.506 e. The molecule has 0 fully saturated rings. The molecule has 1 atom stereocenters. The van der Waals surface area contributed by atoms with Crippen molar-refractivity contribution in [1.82, 2.24) is 5.32 Å². The Morgan fingerprint density at radius 1 is 1.03 bits per heavy atom. The van der Waals surface area contributed by atoms with Crippen LogP contribution in [0.1, 0.15) is 31.1 Å². The number of carbonyl (C=O) groups is 1. The van der Waals surface area contributed by atoms with E-state index in [1.54, 1.807) is 12.1 Å². The minimum atomic E-state index is -0.757. The highest BCUT2D eigenvalue weighted by Gasteiger charge is 2.12. The Labute approximate surface area is 206 Å². The third-order valence-electron chi connectivity index (χ3n) is 5.26. The van der Waals surface area contributed by atoms with Crippen LogP contribution in [-0.2, 0) is 11.2 Å². The van der Waals surface area contributed by atoms with Crippen molar-refractivity contribution in [1.29, 1.82) is 0 Å². The van der Waals surface area contributed by atoms with Gasteiger partial charge in [0.1, 0.15) is 18.1 Å². The number of nitrogens with two attached hydrogens (primary N) is 1. The second-order valence-electron chi connectivity index (χ2n) is 9.13. The fourth-order valence-electron chi connectivity index (χ4n) is 3.35. The molecular weight excluding hydrogens is 444 g/mol. The highest BCUT2D eigenvalue weighted by atomic mass is 16.5. The van der Waals surface area contributed by atoms with Gasteiger partial charge in [0.2, 0.25) is 6.41 Å². The molecule has 0 saturated heterocycles. The molecule has 0 heterocycles. The summed E-state index contributed by atoms with van der Waals surface area (Å²) in [6, 6.07) is 20.6. The summed E-state index contributed by atoms with van der Waals surface area (Å²) in [7, 11) is 0. The van der Waals surface area contributed by atoms with Gasteiger partial charge in [-0.25, -0.2) is 0 Å². The Hall–Kier alpha value is -3.59. The van der Waals surface area contributed by atoms with Crippen LogP contribution >= 0.6 is 0 Å². The minimum Gasteiger partial charge on any atom is -0.506 e. The summed E-state index contributed by atoms with van der Waals surface area (Å²) < 4.78 is 5.70. The van der Waals surface area contributed by atoms with E-state index in [0.717, 1.165) is 23.5 Å². The molecule has 0 spiro atoms. The molecule has 0 bridgehead atoms. The predicted octanol–water partition coefficient (Wildman–Crippen LogP) is 3.69. The number of ether oxygens (including phenoxy) is 1. The van der Waals surface area contributed by atoms with Gasteiger partial charge >= 0.3 is 0 Å². The molecular formula is C27H34N4O4. The minimum absolute atomic E-state index is 0.0448. The third-order valence-corrected chi connectivity index (χ3v) is 5.26. The van der Waals surface area contributed by atoms with Crippen LogP contribution in [0, 0.1) is 0 Å². The van der Waals surface area contributed by atoms with Gasteiger partial charge in [-0.1, -0.05) is 18.2 Å². The number of phenolic OH excluding ortho intramolecular Hbond substituents is 1. The summed E-state index contributed by atoms with van der Waals surface area (Å²) in [5.41, 5.74) is 9.58. The molecule has 0 radical (unpaired) electrons. The van der Waals surface area contributed by atoms with E-state index in [1.165, 1.54) is 11.6 Å². The van der Waals surface area contributed by atoms with Crippen molar-refractivity contribution in [3.63, 3.8) is 0 Å². The van der Waals surface area contributed by atoms with Crippen LogP contribution in [0.5, 0.6) is 11.5 Å². The summed E-state index contributed by atoms with van der Waals surface area (Å²) in [6.07, 6.45) is 0.539. The molecule has 0 aliphatic rings. The van der Waals surface area contributed by atoms with E-state index < -0.39 is 6.10 Å². The van der Waals surface area contributed by atoms with Crippen LogP contribution in [0.25, 0.3) is 0 Å². The molecule has 0 unspecified atom stereocenters. The molecule has 7 N–H and O–H groups in total. The summed E-state index contributed by atoms with van der Waals surface area (Å²) in [6.45, 7) is 5.35. The zero-order valence-electron chi connectivity index (χ0n) is 20.1. The first-order valence-electron chi connectivity index (χ1n) is 11.5. The quantitative estimate of drug-likeness (QED) is 0.126. The molecule has 35 heavy (non-hydrogen) atoms. The molecule has 1 amide bonds. The van der Waals surface area contributed by atoms with E-state index in [-0.39, 0.29) is 17.0 Å². The summed E-state index contributed by atoms with van der Waals surface area (Å²) >= 11 is 0. The van der Waals surface area contributed by atoms with Crippen molar-refractivity contribution in [2.75, 3.05) is 30.3 Å². The van der Waals surface area contributed by atoms with Crippen molar-refractivity contribution in [3.8, 4) is 11.5 Å². The number of benzene rings is 3. The lowest BCUT2D eigenvalue weighted by Gasteiger charge is -2.19. The maximum atomic E-state index is 10.6. The molecule has 3 aromatic rings. The van der Waals surface area contributed by atoms with Gasteiger partial charge in [-0.2, -0.15) is 0 Å². The number of nitrogens with one attached hydrogen (secondary N) is 3. The Morgan fingerprint density at radius 2 is 1.69 bits per heavy atom. The number of aliphatic hydroxyl groups excluding tert-OH is 1. The smallest absolute Gasteiger partial charge is 0.211 e. The normalized spacial score (nSPS) is 12.1. The first-order chi connectivity index (χ1) is 16.7. The van der Waals surface area contributed by atoms with Gasteiger partial charge in [-0.15, -0.1) is 0 Å². The Kier molecular flexibility index (Phi) is 9.08. The number of hydrogen-bond acceptors (Lipinski definition) is 7. The number of aromatic hydroxyl groups is 1. The second-order valence-corrected chi connectivity index (χ2v) is 9.13. The summed E-state index contributed by atoms with van der Waals surface area (Å²) in [5, 5.41) is 29.1. The number of anilines is 3. The number of aliphatic hydroxyl groups is 1. The zero-order chi connectivity index (χ0) is 25.3. The maximum absolute atomic E-state index is 10.6. The van der Waals surface area contributed by atoms with Gasteiger partial charge in [0, 0.05) is 23.5 Å². The summed E-state index contributed by atoms with van der Waals surface area (Å²) in [4.78, 5) is 10.6. The van der Waals surface area contributed by atoms with Gasteiger partial charge in [0.25, 0.3) is 0 Å². The van der Waals surface area contributed by atoms with Crippen LogP contribution < -0.4 is 26.4 Å². The van der Waals surface area contributed by atoms with Crippen molar-refractivity contribution >= 4 is 23.5 Å². The molecule has 0 aliphatic carbocycles. The Morgan fingerprint density at radius 3 is 2.31 bits per heavy atom. The fraction of sp³-hybridized carbons (Fsp3) is 0.296. The molecule has 3 aromatic carbocycles. The van der Waals surface area contributed by atoms with Gasteiger partial charge in [-0.3, -0.25) is 4.79 Å². The van der Waals surface area contributed by atoms with E-state index in [0.29, 0.717) is 31.7 Å². The summed E-state index contributed by atoms with van der Waals surface area (Å²) in [5.74, 6) is 0.738. The van der Waals surface area contributed by atoms with Gasteiger partial charge in [0.05, 0.1) is 11.8 Å². The van der Waals surface area contributed by atoms with Gasteiger partial charge < -0.3 is 36.6 Å². The Balaban J connectivity index is 1.42.